The topological polar surface area (TPSA) is 113 Å². The Hall–Kier alpha value is -2.13. The van der Waals surface area contributed by atoms with E-state index in [1.165, 1.54) is 23.5 Å². The van der Waals surface area contributed by atoms with Gasteiger partial charge in [0.05, 0.1) is 25.0 Å². The van der Waals surface area contributed by atoms with Crippen LogP contribution >= 0.6 is 0 Å². The summed E-state index contributed by atoms with van der Waals surface area (Å²) < 4.78 is 29.6. The highest BCUT2D eigenvalue weighted by Crippen LogP contribution is 2.20. The average molecular weight is 356 g/mol. The number of rotatable bonds is 7. The first-order chi connectivity index (χ1) is 11.3. The van der Waals surface area contributed by atoms with E-state index in [1.807, 2.05) is 0 Å². The van der Waals surface area contributed by atoms with Crippen LogP contribution in [0, 0.1) is 0 Å². The molecule has 0 atom stereocenters. The van der Waals surface area contributed by atoms with Gasteiger partial charge in [0, 0.05) is 13.1 Å². The third-order valence-electron chi connectivity index (χ3n) is 3.77. The third-order valence-corrected chi connectivity index (χ3v) is 5.68. The second-order valence-corrected chi connectivity index (χ2v) is 7.52. The Morgan fingerprint density at radius 2 is 2.12 bits per heavy atom. The zero-order valence-corrected chi connectivity index (χ0v) is 14.1. The van der Waals surface area contributed by atoms with Crippen molar-refractivity contribution in [3.63, 3.8) is 0 Å². The molecule has 1 saturated heterocycles. The van der Waals surface area contributed by atoms with E-state index in [0.717, 1.165) is 5.56 Å². The molecule has 0 saturated carbocycles. The molecular weight excluding hydrogens is 336 g/mol. The Morgan fingerprint density at radius 3 is 2.71 bits per heavy atom. The number of carboxylic acids is 1. The maximum atomic E-state index is 11.8. The van der Waals surface area contributed by atoms with Gasteiger partial charge in [-0.3, -0.25) is 4.79 Å². The van der Waals surface area contributed by atoms with Crippen LogP contribution in [-0.2, 0) is 21.2 Å². The molecule has 0 aromatic heterocycles. The van der Waals surface area contributed by atoms with Gasteiger partial charge in [-0.15, -0.1) is 0 Å². The molecule has 9 heteroatoms. The second kappa shape index (κ2) is 7.63. The number of sulfonamides is 1. The summed E-state index contributed by atoms with van der Waals surface area (Å²) in [6.07, 6.45) is 0.990. The first kappa shape index (κ1) is 18.2. The fourth-order valence-corrected chi connectivity index (χ4v) is 3.98. The van der Waals surface area contributed by atoms with Crippen LogP contribution in [0.3, 0.4) is 0 Å². The van der Waals surface area contributed by atoms with Gasteiger partial charge in [-0.1, -0.05) is 6.07 Å². The molecule has 24 heavy (non-hydrogen) atoms. The molecule has 1 heterocycles. The van der Waals surface area contributed by atoms with E-state index in [1.54, 1.807) is 6.07 Å². The molecule has 2 rings (SSSR count). The van der Waals surface area contributed by atoms with Gasteiger partial charge in [0.2, 0.25) is 15.9 Å². The number of nitrogens with zero attached hydrogens (tertiary/aromatic N) is 1. The van der Waals surface area contributed by atoms with Crippen LogP contribution in [-0.4, -0.2) is 62.2 Å². The highest BCUT2D eigenvalue weighted by molar-refractivity contribution is 7.89. The molecule has 8 nitrogen and oxygen atoms in total. The van der Waals surface area contributed by atoms with Crippen LogP contribution in [0.1, 0.15) is 22.3 Å². The number of benzene rings is 1. The lowest BCUT2D eigenvalue weighted by Gasteiger charge is -2.14. The monoisotopic (exact) mass is 356 g/mol. The summed E-state index contributed by atoms with van der Waals surface area (Å²) in [7, 11) is -1.84. The number of carbonyl (C=O) groups excluding carboxylic acids is 1. The molecule has 0 spiro atoms. The fourth-order valence-electron chi connectivity index (χ4n) is 2.51. The van der Waals surface area contributed by atoms with Crippen molar-refractivity contribution >= 4 is 21.9 Å². The lowest BCUT2D eigenvalue weighted by atomic mass is 10.1. The van der Waals surface area contributed by atoms with Crippen molar-refractivity contribution in [1.29, 1.82) is 0 Å². The van der Waals surface area contributed by atoms with Gasteiger partial charge in [0.25, 0.3) is 0 Å². The van der Waals surface area contributed by atoms with Gasteiger partial charge in [0.1, 0.15) is 5.75 Å². The lowest BCUT2D eigenvalue weighted by Crippen LogP contribution is -2.38. The van der Waals surface area contributed by atoms with E-state index >= 15 is 0 Å². The van der Waals surface area contributed by atoms with Crippen LogP contribution in [0.2, 0.25) is 0 Å². The van der Waals surface area contributed by atoms with Crippen LogP contribution in [0.4, 0.5) is 0 Å². The van der Waals surface area contributed by atoms with E-state index in [4.69, 9.17) is 9.84 Å². The maximum Gasteiger partial charge on any atom is 0.335 e. The summed E-state index contributed by atoms with van der Waals surface area (Å²) in [5, 5.41) is 11.6. The Labute approximate surface area is 140 Å². The largest absolute Gasteiger partial charge is 0.496 e. The standard InChI is InChI=1S/C15H20N2O6S/c1-23-13-9-12(15(19)20)4-3-11(13)5-6-16-14(18)10-17-7-2-8-24(17,21)22/h3-4,9H,2,5-8,10H2,1H3,(H,16,18)(H,19,20). The lowest BCUT2D eigenvalue weighted by molar-refractivity contribution is -0.121. The fraction of sp³-hybridized carbons (Fsp3) is 0.467. The molecule has 1 aromatic rings. The van der Waals surface area contributed by atoms with Crippen molar-refractivity contribution in [1.82, 2.24) is 9.62 Å². The van der Waals surface area contributed by atoms with Crippen molar-refractivity contribution in [2.24, 2.45) is 0 Å². The minimum absolute atomic E-state index is 0.0907. The van der Waals surface area contributed by atoms with Crippen molar-refractivity contribution < 1.29 is 27.9 Å². The van der Waals surface area contributed by atoms with Gasteiger partial charge in [-0.05, 0) is 30.5 Å². The summed E-state index contributed by atoms with van der Waals surface area (Å²) >= 11 is 0. The minimum Gasteiger partial charge on any atom is -0.496 e. The van der Waals surface area contributed by atoms with Crippen molar-refractivity contribution in [3.05, 3.63) is 29.3 Å². The molecule has 1 fully saturated rings. The number of hydrogen-bond donors (Lipinski definition) is 2. The first-order valence-electron chi connectivity index (χ1n) is 7.48. The van der Waals surface area contributed by atoms with Crippen LogP contribution in [0.25, 0.3) is 0 Å². The number of nitrogens with one attached hydrogen (secondary N) is 1. The summed E-state index contributed by atoms with van der Waals surface area (Å²) in [6, 6.07) is 4.54. The van der Waals surface area contributed by atoms with Gasteiger partial charge in [0.15, 0.2) is 0 Å². The van der Waals surface area contributed by atoms with Gasteiger partial charge < -0.3 is 15.2 Å². The predicted octanol–water partition coefficient (Wildman–Crippen LogP) is 0.0876. The number of carbonyl (C=O) groups is 2. The molecule has 1 aliphatic heterocycles. The Kier molecular flexibility index (Phi) is 5.79. The molecule has 1 aliphatic rings. The van der Waals surface area contributed by atoms with E-state index in [2.05, 4.69) is 5.32 Å². The summed E-state index contributed by atoms with van der Waals surface area (Å²) in [5.74, 6) is -0.874. The molecule has 2 N–H and O–H groups in total. The SMILES string of the molecule is COc1cc(C(=O)O)ccc1CCNC(=O)CN1CCCS1(=O)=O. The van der Waals surface area contributed by atoms with Gasteiger partial charge >= 0.3 is 5.97 Å². The van der Waals surface area contributed by atoms with Crippen LogP contribution in [0.5, 0.6) is 5.75 Å². The molecule has 1 aromatic carbocycles. The van der Waals surface area contributed by atoms with E-state index in [0.29, 0.717) is 31.7 Å². The van der Waals surface area contributed by atoms with Crippen molar-refractivity contribution in [2.45, 2.75) is 12.8 Å². The van der Waals surface area contributed by atoms with E-state index < -0.39 is 16.0 Å². The van der Waals surface area contributed by atoms with Crippen LogP contribution in [0.15, 0.2) is 18.2 Å². The zero-order valence-electron chi connectivity index (χ0n) is 13.3. The summed E-state index contributed by atoms with van der Waals surface area (Å²) in [4.78, 5) is 22.8. The van der Waals surface area contributed by atoms with E-state index in [-0.39, 0.29) is 23.8 Å². The predicted molar refractivity (Wildman–Crippen MR) is 86.6 cm³/mol. The van der Waals surface area contributed by atoms with Crippen LogP contribution < -0.4 is 10.1 Å². The molecule has 0 bridgehead atoms. The highest BCUT2D eigenvalue weighted by atomic mass is 32.2. The normalized spacial score (nSPS) is 16.7. The number of aromatic carboxylic acids is 1. The minimum atomic E-state index is -3.29. The number of amides is 1. The molecule has 0 unspecified atom stereocenters. The Bertz CT molecular complexity index is 731. The zero-order chi connectivity index (χ0) is 17.7. The average Bonchev–Trinajstić information content (AvgIpc) is 2.86. The second-order valence-electron chi connectivity index (χ2n) is 5.43. The van der Waals surface area contributed by atoms with Gasteiger partial charge in [-0.2, -0.15) is 4.31 Å². The van der Waals surface area contributed by atoms with Gasteiger partial charge in [-0.25, -0.2) is 13.2 Å². The molecule has 0 radical (unpaired) electrons. The quantitative estimate of drug-likeness (QED) is 0.716. The Morgan fingerprint density at radius 1 is 1.38 bits per heavy atom. The maximum absolute atomic E-state index is 11.8. The smallest absolute Gasteiger partial charge is 0.335 e. The Balaban J connectivity index is 1.87. The molecule has 1 amide bonds. The van der Waals surface area contributed by atoms with Crippen molar-refractivity contribution in [3.8, 4) is 5.75 Å². The number of ether oxygens (including phenoxy) is 1. The number of carboxylic acid groups (broad SMARTS) is 1. The molecule has 0 aliphatic carbocycles. The summed E-state index contributed by atoms with van der Waals surface area (Å²) in [6.45, 7) is 0.507. The molecule has 132 valence electrons. The first-order valence-corrected chi connectivity index (χ1v) is 9.09. The highest BCUT2D eigenvalue weighted by Gasteiger charge is 2.29. The molecular formula is C15H20N2O6S. The third kappa shape index (κ3) is 4.45. The van der Waals surface area contributed by atoms with E-state index in [9.17, 15) is 18.0 Å². The van der Waals surface area contributed by atoms with Crippen molar-refractivity contribution in [2.75, 3.05) is 32.5 Å². The number of methoxy groups -OCH3 is 1. The summed E-state index contributed by atoms with van der Waals surface area (Å²) in [5.41, 5.74) is 0.885. The number of hydrogen-bond acceptors (Lipinski definition) is 5.